The first-order valence-corrected chi connectivity index (χ1v) is 14.0. The topological polar surface area (TPSA) is 136 Å². The normalized spacial score (nSPS) is 23.1. The average molecular weight is 586 g/mol. The Morgan fingerprint density at radius 1 is 1.12 bits per heavy atom. The summed E-state index contributed by atoms with van der Waals surface area (Å²) in [6.45, 7) is 2.66. The summed E-state index contributed by atoms with van der Waals surface area (Å²) < 4.78 is 25.1. The maximum Gasteiger partial charge on any atom is 0.410 e. The highest BCUT2D eigenvalue weighted by Gasteiger charge is 2.40. The summed E-state index contributed by atoms with van der Waals surface area (Å²) in [6, 6.07) is 18.6. The van der Waals surface area contributed by atoms with E-state index >= 15 is 0 Å². The summed E-state index contributed by atoms with van der Waals surface area (Å²) in [5.74, 6) is 0.463. The lowest BCUT2D eigenvalue weighted by molar-refractivity contribution is 0.0430. The van der Waals surface area contributed by atoms with Crippen molar-refractivity contribution in [1.29, 1.82) is 0 Å². The highest BCUT2D eigenvalue weighted by atomic mass is 19.1. The second kappa shape index (κ2) is 12.2. The first-order chi connectivity index (χ1) is 20.9. The van der Waals surface area contributed by atoms with E-state index < -0.39 is 6.04 Å². The quantitative estimate of drug-likeness (QED) is 0.381. The number of hydroxylamine groups is 1. The molecule has 43 heavy (non-hydrogen) atoms. The Morgan fingerprint density at radius 3 is 2.77 bits per heavy atom. The van der Waals surface area contributed by atoms with Gasteiger partial charge < -0.3 is 15.2 Å². The molecule has 0 spiro atoms. The van der Waals surface area contributed by atoms with Crippen LogP contribution in [0.25, 0.3) is 11.3 Å². The van der Waals surface area contributed by atoms with E-state index in [0.29, 0.717) is 35.9 Å². The van der Waals surface area contributed by atoms with E-state index in [4.69, 9.17) is 25.0 Å². The summed E-state index contributed by atoms with van der Waals surface area (Å²) in [6.07, 6.45) is 0.129. The number of guanidine groups is 1. The van der Waals surface area contributed by atoms with Gasteiger partial charge in [0, 0.05) is 23.9 Å². The molecule has 11 nitrogen and oxygen atoms in total. The fraction of sp³-hybridized carbons (Fsp3) is 0.323. The van der Waals surface area contributed by atoms with E-state index in [1.54, 1.807) is 29.2 Å². The number of nitrogens with two attached hydrogens (primary N) is 1. The Bertz CT molecular complexity index is 1600. The molecule has 4 atom stereocenters. The van der Waals surface area contributed by atoms with Gasteiger partial charge in [0.05, 0.1) is 43.5 Å². The van der Waals surface area contributed by atoms with Crippen molar-refractivity contribution in [2.75, 3.05) is 20.3 Å². The van der Waals surface area contributed by atoms with Gasteiger partial charge in [-0.1, -0.05) is 42.5 Å². The van der Waals surface area contributed by atoms with Gasteiger partial charge in [-0.15, -0.1) is 0 Å². The molecular weight excluding hydrogens is 553 g/mol. The van der Waals surface area contributed by atoms with Gasteiger partial charge in [-0.25, -0.2) is 24.2 Å². The number of amides is 1. The molecule has 3 aliphatic rings. The van der Waals surface area contributed by atoms with Crippen LogP contribution in [-0.4, -0.2) is 65.9 Å². The molecule has 2 aromatic carbocycles. The molecule has 12 heteroatoms. The van der Waals surface area contributed by atoms with Crippen LogP contribution in [0.2, 0.25) is 0 Å². The lowest BCUT2D eigenvalue weighted by Crippen LogP contribution is -2.48. The lowest BCUT2D eigenvalue weighted by Gasteiger charge is -2.35. The molecule has 0 radical (unpaired) electrons. The van der Waals surface area contributed by atoms with Crippen LogP contribution in [0, 0.1) is 11.7 Å². The van der Waals surface area contributed by atoms with Crippen molar-refractivity contribution in [1.82, 2.24) is 15.4 Å². The number of aliphatic imine (C=N–C) groups is 3. The molecule has 1 amide bonds. The second-order valence-corrected chi connectivity index (χ2v) is 10.6. The number of halogens is 1. The number of benzene rings is 2. The molecule has 0 aliphatic carbocycles. The molecule has 3 N–H and O–H groups in total. The molecule has 6 rings (SSSR count). The van der Waals surface area contributed by atoms with Crippen LogP contribution in [0.5, 0.6) is 5.88 Å². The Labute approximate surface area is 248 Å². The number of carbonyl (C=O) groups is 1. The van der Waals surface area contributed by atoms with Crippen molar-refractivity contribution in [3.63, 3.8) is 0 Å². The minimum Gasteiger partial charge on any atom is -0.481 e. The number of nitrogens with zero attached hydrogens (tertiary/aromatic N) is 5. The molecule has 0 bridgehead atoms. The van der Waals surface area contributed by atoms with Crippen molar-refractivity contribution < 1.29 is 23.5 Å². The number of carbonyl (C=O) groups excluding carboxylic acids is 1. The van der Waals surface area contributed by atoms with Crippen molar-refractivity contribution in [2.45, 2.75) is 38.0 Å². The highest BCUT2D eigenvalue weighted by Crippen LogP contribution is 2.39. The highest BCUT2D eigenvalue weighted by molar-refractivity contribution is 6.11. The monoisotopic (exact) mass is 585 g/mol. The summed E-state index contributed by atoms with van der Waals surface area (Å²) in [5, 5.41) is 0. The zero-order valence-corrected chi connectivity index (χ0v) is 23.8. The van der Waals surface area contributed by atoms with Crippen LogP contribution >= 0.6 is 0 Å². The van der Waals surface area contributed by atoms with Crippen molar-refractivity contribution in [3.8, 4) is 17.1 Å². The molecule has 1 saturated heterocycles. The third-order valence-corrected chi connectivity index (χ3v) is 7.78. The third-order valence-electron chi connectivity index (χ3n) is 7.78. The molecular formula is C31H32FN7O4. The summed E-state index contributed by atoms with van der Waals surface area (Å²) in [4.78, 5) is 38.6. The van der Waals surface area contributed by atoms with Gasteiger partial charge >= 0.3 is 6.09 Å². The number of aromatic nitrogens is 1. The number of cyclic esters (lactones) is 1. The largest absolute Gasteiger partial charge is 0.481 e. The number of hydrogen-bond donors (Lipinski definition) is 2. The maximum atomic E-state index is 14.5. The SMILES string of the molecule is COc1cccc(-c2cc(F)ccc2C2C[C@H]3N=C(N)N=C(C)C3C(NOC[C@@H]3COC(=O)N3Cc3ccccc3)=N2)n1. The number of amidine groups is 1. The predicted molar refractivity (Wildman–Crippen MR) is 159 cm³/mol. The van der Waals surface area contributed by atoms with Gasteiger partial charge in [0.2, 0.25) is 11.8 Å². The number of nitrogens with one attached hydrogen (secondary N) is 1. The first kappa shape index (κ1) is 28.3. The lowest BCUT2D eigenvalue weighted by atomic mass is 9.82. The first-order valence-electron chi connectivity index (χ1n) is 14.0. The van der Waals surface area contributed by atoms with Gasteiger partial charge in [0.1, 0.15) is 18.3 Å². The van der Waals surface area contributed by atoms with Crippen molar-refractivity contribution in [3.05, 3.63) is 83.7 Å². The second-order valence-electron chi connectivity index (χ2n) is 10.6. The van der Waals surface area contributed by atoms with Crippen LogP contribution in [0.4, 0.5) is 9.18 Å². The van der Waals surface area contributed by atoms with Gasteiger partial charge in [-0.3, -0.25) is 20.2 Å². The van der Waals surface area contributed by atoms with E-state index in [2.05, 4.69) is 20.4 Å². The van der Waals surface area contributed by atoms with Gasteiger partial charge in [0.25, 0.3) is 0 Å². The molecule has 222 valence electrons. The van der Waals surface area contributed by atoms with E-state index in [9.17, 15) is 9.18 Å². The Hall–Kier alpha value is -4.84. The number of hydrogen-bond acceptors (Lipinski definition) is 10. The fourth-order valence-electron chi connectivity index (χ4n) is 5.72. The molecule has 4 heterocycles. The minimum absolute atomic E-state index is 0.163. The summed E-state index contributed by atoms with van der Waals surface area (Å²) in [7, 11) is 1.53. The fourth-order valence-corrected chi connectivity index (χ4v) is 5.72. The van der Waals surface area contributed by atoms with Crippen LogP contribution < -0.4 is 16.0 Å². The van der Waals surface area contributed by atoms with Gasteiger partial charge in [-0.05, 0) is 42.7 Å². The van der Waals surface area contributed by atoms with Crippen molar-refractivity contribution in [2.24, 2.45) is 26.6 Å². The van der Waals surface area contributed by atoms with E-state index in [1.807, 2.05) is 37.3 Å². The van der Waals surface area contributed by atoms with Crippen LogP contribution in [-0.2, 0) is 16.1 Å². The van der Waals surface area contributed by atoms with Crippen LogP contribution in [0.1, 0.15) is 30.5 Å². The number of rotatable bonds is 8. The van der Waals surface area contributed by atoms with Gasteiger partial charge in [0.15, 0.2) is 0 Å². The average Bonchev–Trinajstić information content (AvgIpc) is 3.35. The van der Waals surface area contributed by atoms with E-state index in [0.717, 1.165) is 16.8 Å². The van der Waals surface area contributed by atoms with Crippen LogP contribution in [0.15, 0.2) is 81.7 Å². The Kier molecular flexibility index (Phi) is 8.01. The predicted octanol–water partition coefficient (Wildman–Crippen LogP) is 4.06. The van der Waals surface area contributed by atoms with Crippen molar-refractivity contribution >= 4 is 23.6 Å². The van der Waals surface area contributed by atoms with E-state index in [1.165, 1.54) is 19.2 Å². The third kappa shape index (κ3) is 6.05. The smallest absolute Gasteiger partial charge is 0.410 e. The minimum atomic E-state index is -0.413. The molecule has 0 saturated carbocycles. The zero-order valence-electron chi connectivity index (χ0n) is 23.8. The number of ether oxygens (including phenoxy) is 2. The van der Waals surface area contributed by atoms with E-state index in [-0.39, 0.29) is 49.1 Å². The summed E-state index contributed by atoms with van der Waals surface area (Å²) in [5.41, 5.74) is 12.8. The Morgan fingerprint density at radius 2 is 1.95 bits per heavy atom. The molecule has 1 aromatic heterocycles. The number of fused-ring (bicyclic) bond motifs is 1. The number of methoxy groups -OCH3 is 1. The standard InChI is InChI=1S/C31H32FN7O4/c1-18-28-26(37-30(33)34-18)14-25(22-12-11-20(32)13-23(22)24-9-6-10-27(35-24)41-2)36-29(28)38-43-17-21-16-42-31(40)39(21)15-19-7-4-3-5-8-19/h3-13,21,25-26,28H,14-17H2,1-2H3,(H2,33,37)(H,36,38)/t21-,25?,26+,28?/m0/s1. The molecule has 2 unspecified atom stereocenters. The number of pyridine rings is 1. The molecule has 1 fully saturated rings. The summed E-state index contributed by atoms with van der Waals surface area (Å²) >= 11 is 0. The molecule has 3 aliphatic heterocycles. The molecule has 3 aromatic rings. The Balaban J connectivity index is 1.26. The van der Waals surface area contributed by atoms with Crippen LogP contribution in [0.3, 0.4) is 0 Å². The zero-order chi connectivity index (χ0) is 29.9. The maximum absolute atomic E-state index is 14.5. The van der Waals surface area contributed by atoms with Gasteiger partial charge in [-0.2, -0.15) is 0 Å².